The van der Waals surface area contributed by atoms with Gasteiger partial charge in [-0.05, 0) is 49.6 Å². The molecule has 0 atom stereocenters. The summed E-state index contributed by atoms with van der Waals surface area (Å²) in [5.41, 5.74) is 6.08. The van der Waals surface area contributed by atoms with Crippen molar-refractivity contribution in [2.45, 2.75) is 32.5 Å². The maximum atomic E-state index is 12.8. The number of hydrogen-bond donors (Lipinski definition) is 1. The summed E-state index contributed by atoms with van der Waals surface area (Å²) in [4.78, 5) is 12.8. The predicted molar refractivity (Wildman–Crippen MR) is 136 cm³/mol. The van der Waals surface area contributed by atoms with Crippen LogP contribution >= 0.6 is 23.4 Å². The van der Waals surface area contributed by atoms with Gasteiger partial charge in [-0.3, -0.25) is 9.36 Å². The normalized spacial score (nSPS) is 10.9. The highest BCUT2D eigenvalue weighted by Crippen LogP contribution is 2.30. The van der Waals surface area contributed by atoms with Crippen LogP contribution in [-0.4, -0.2) is 26.4 Å². The zero-order valence-electron chi connectivity index (χ0n) is 18.8. The molecule has 0 radical (unpaired) electrons. The zero-order valence-corrected chi connectivity index (χ0v) is 20.4. The second kappa shape index (κ2) is 10.2. The van der Waals surface area contributed by atoms with Crippen molar-refractivity contribution in [3.63, 3.8) is 0 Å². The predicted octanol–water partition coefficient (Wildman–Crippen LogP) is 6.30. The standard InChI is InChI=1S/C26H25ClN4OS/c1-17-13-18(2)24(19(3)14-17)28-23(32)16-33-26-30-29-25(21-11-7-8-12-22(21)27)31(26)15-20-9-5-4-6-10-20/h4-14H,15-16H2,1-3H3,(H,28,32). The van der Waals surface area contributed by atoms with E-state index in [1.54, 1.807) is 0 Å². The highest BCUT2D eigenvalue weighted by atomic mass is 35.5. The van der Waals surface area contributed by atoms with Crippen LogP contribution in [0, 0.1) is 20.8 Å². The molecule has 0 spiro atoms. The van der Waals surface area contributed by atoms with Crippen molar-refractivity contribution in [1.82, 2.24) is 14.8 Å². The van der Waals surface area contributed by atoms with Gasteiger partial charge in [0.15, 0.2) is 11.0 Å². The Morgan fingerprint density at radius 1 is 0.970 bits per heavy atom. The fraction of sp³-hybridized carbons (Fsp3) is 0.192. The van der Waals surface area contributed by atoms with Gasteiger partial charge >= 0.3 is 0 Å². The van der Waals surface area contributed by atoms with Gasteiger partial charge in [-0.15, -0.1) is 10.2 Å². The van der Waals surface area contributed by atoms with Crippen LogP contribution in [0.1, 0.15) is 22.3 Å². The Morgan fingerprint density at radius 3 is 2.33 bits per heavy atom. The molecule has 7 heteroatoms. The van der Waals surface area contributed by atoms with Gasteiger partial charge in [-0.2, -0.15) is 0 Å². The van der Waals surface area contributed by atoms with Crippen molar-refractivity contribution in [3.8, 4) is 11.4 Å². The molecular weight excluding hydrogens is 452 g/mol. The van der Waals surface area contributed by atoms with Crippen LogP contribution in [0.25, 0.3) is 11.4 Å². The van der Waals surface area contributed by atoms with E-state index in [4.69, 9.17) is 11.6 Å². The summed E-state index contributed by atoms with van der Waals surface area (Å²) in [5.74, 6) is 0.823. The topological polar surface area (TPSA) is 59.8 Å². The van der Waals surface area contributed by atoms with Crippen molar-refractivity contribution in [3.05, 3.63) is 94.0 Å². The smallest absolute Gasteiger partial charge is 0.234 e. The molecule has 168 valence electrons. The maximum Gasteiger partial charge on any atom is 0.234 e. The lowest BCUT2D eigenvalue weighted by atomic mass is 10.1. The molecule has 33 heavy (non-hydrogen) atoms. The maximum absolute atomic E-state index is 12.8. The number of carbonyl (C=O) groups excluding carboxylic acids is 1. The SMILES string of the molecule is Cc1cc(C)c(NC(=O)CSc2nnc(-c3ccccc3Cl)n2Cc2ccccc2)c(C)c1. The number of aryl methyl sites for hydroxylation is 3. The van der Waals surface area contributed by atoms with E-state index in [9.17, 15) is 4.79 Å². The molecule has 1 N–H and O–H groups in total. The second-order valence-corrected chi connectivity index (χ2v) is 9.32. The fourth-order valence-corrected chi connectivity index (χ4v) is 4.79. The highest BCUT2D eigenvalue weighted by Gasteiger charge is 2.18. The van der Waals surface area contributed by atoms with Gasteiger partial charge in [0, 0.05) is 11.3 Å². The Balaban J connectivity index is 1.57. The van der Waals surface area contributed by atoms with Crippen LogP contribution in [0.15, 0.2) is 71.9 Å². The Morgan fingerprint density at radius 2 is 1.64 bits per heavy atom. The van der Waals surface area contributed by atoms with Crippen molar-refractivity contribution in [2.24, 2.45) is 0 Å². The Labute approximate surface area is 203 Å². The second-order valence-electron chi connectivity index (χ2n) is 7.97. The first-order valence-corrected chi connectivity index (χ1v) is 12.0. The third-order valence-corrected chi connectivity index (χ3v) is 6.59. The van der Waals surface area contributed by atoms with E-state index in [-0.39, 0.29) is 11.7 Å². The zero-order chi connectivity index (χ0) is 23.4. The molecule has 3 aromatic carbocycles. The van der Waals surface area contributed by atoms with Gasteiger partial charge in [0.05, 0.1) is 17.3 Å². The van der Waals surface area contributed by atoms with Crippen LogP contribution in [0.2, 0.25) is 5.02 Å². The number of rotatable bonds is 7. The molecule has 1 heterocycles. The summed E-state index contributed by atoms with van der Waals surface area (Å²) >= 11 is 7.81. The van der Waals surface area contributed by atoms with Crippen molar-refractivity contribution >= 4 is 35.0 Å². The van der Waals surface area contributed by atoms with E-state index in [2.05, 4.69) is 46.7 Å². The molecule has 4 aromatic rings. The molecule has 0 aliphatic heterocycles. The van der Waals surface area contributed by atoms with E-state index in [0.717, 1.165) is 27.9 Å². The van der Waals surface area contributed by atoms with Crippen molar-refractivity contribution in [2.75, 3.05) is 11.1 Å². The van der Waals surface area contributed by atoms with Gasteiger partial charge in [-0.25, -0.2) is 0 Å². The molecule has 0 unspecified atom stereocenters. The first-order chi connectivity index (χ1) is 15.9. The number of nitrogens with zero attached hydrogens (tertiary/aromatic N) is 3. The number of benzene rings is 3. The Kier molecular flexibility index (Phi) is 7.16. The Bertz CT molecular complexity index is 1260. The molecular formula is C26H25ClN4OS. The lowest BCUT2D eigenvalue weighted by molar-refractivity contribution is -0.113. The quantitative estimate of drug-likeness (QED) is 0.318. The van der Waals surface area contributed by atoms with E-state index in [0.29, 0.717) is 22.5 Å². The van der Waals surface area contributed by atoms with Crippen molar-refractivity contribution < 1.29 is 4.79 Å². The van der Waals surface area contributed by atoms with Crippen LogP contribution in [0.5, 0.6) is 0 Å². The van der Waals surface area contributed by atoms with E-state index < -0.39 is 0 Å². The summed E-state index contributed by atoms with van der Waals surface area (Å²) in [7, 11) is 0. The number of aromatic nitrogens is 3. The van der Waals surface area contributed by atoms with Gasteiger partial charge in [0.2, 0.25) is 5.91 Å². The lowest BCUT2D eigenvalue weighted by Crippen LogP contribution is -2.16. The third-order valence-electron chi connectivity index (χ3n) is 5.29. The molecule has 0 saturated carbocycles. The minimum absolute atomic E-state index is 0.0800. The molecule has 0 saturated heterocycles. The van der Waals surface area contributed by atoms with E-state index >= 15 is 0 Å². The molecule has 4 rings (SSSR count). The van der Waals surface area contributed by atoms with E-state index in [1.165, 1.54) is 17.3 Å². The molecule has 0 aliphatic carbocycles. The number of thioether (sulfide) groups is 1. The summed E-state index contributed by atoms with van der Waals surface area (Å²) in [5, 5.41) is 13.1. The number of amides is 1. The van der Waals surface area contributed by atoms with E-state index in [1.807, 2.05) is 60.9 Å². The Hall–Kier alpha value is -3.09. The highest BCUT2D eigenvalue weighted by molar-refractivity contribution is 7.99. The number of hydrogen-bond acceptors (Lipinski definition) is 4. The van der Waals surface area contributed by atoms with Gasteiger partial charge in [0.1, 0.15) is 0 Å². The average molecular weight is 477 g/mol. The minimum atomic E-state index is -0.0800. The number of nitrogens with one attached hydrogen (secondary N) is 1. The van der Waals surface area contributed by atoms with Crippen molar-refractivity contribution in [1.29, 1.82) is 0 Å². The summed E-state index contributed by atoms with van der Waals surface area (Å²) in [6, 6.07) is 21.8. The third kappa shape index (κ3) is 5.46. The first-order valence-electron chi connectivity index (χ1n) is 10.6. The molecule has 0 aliphatic rings. The largest absolute Gasteiger partial charge is 0.325 e. The number of anilines is 1. The van der Waals surface area contributed by atoms with Crippen LogP contribution < -0.4 is 5.32 Å². The van der Waals surface area contributed by atoms with Gasteiger partial charge in [0.25, 0.3) is 0 Å². The van der Waals surface area contributed by atoms with Gasteiger partial charge < -0.3 is 5.32 Å². The molecule has 1 amide bonds. The van der Waals surface area contributed by atoms with Crippen LogP contribution in [0.4, 0.5) is 5.69 Å². The molecule has 0 fully saturated rings. The molecule has 0 bridgehead atoms. The molecule has 5 nitrogen and oxygen atoms in total. The summed E-state index contributed by atoms with van der Waals surface area (Å²) in [6.45, 7) is 6.65. The monoisotopic (exact) mass is 476 g/mol. The first kappa shape index (κ1) is 23.1. The molecule has 1 aromatic heterocycles. The lowest BCUT2D eigenvalue weighted by Gasteiger charge is -2.13. The summed E-state index contributed by atoms with van der Waals surface area (Å²) < 4.78 is 2.01. The van der Waals surface area contributed by atoms with Crippen LogP contribution in [-0.2, 0) is 11.3 Å². The number of halogens is 1. The fourth-order valence-electron chi connectivity index (χ4n) is 3.83. The average Bonchev–Trinajstić information content (AvgIpc) is 3.18. The number of carbonyl (C=O) groups is 1. The van der Waals surface area contributed by atoms with Crippen LogP contribution in [0.3, 0.4) is 0 Å². The summed E-state index contributed by atoms with van der Waals surface area (Å²) in [6.07, 6.45) is 0. The minimum Gasteiger partial charge on any atom is -0.325 e. The van der Waals surface area contributed by atoms with Gasteiger partial charge in [-0.1, -0.05) is 83.5 Å².